The van der Waals surface area contributed by atoms with Crippen molar-refractivity contribution in [1.82, 2.24) is 4.72 Å². The van der Waals surface area contributed by atoms with Crippen molar-refractivity contribution >= 4 is 16.4 Å². The fraction of sp³-hybridized carbons (Fsp3) is 0. The SMILES string of the molecule is O=C(NS(=O)(=O)O)Oc1ccccc1. The molecule has 0 unspecified atom stereocenters. The van der Waals surface area contributed by atoms with E-state index in [-0.39, 0.29) is 5.75 Å². The van der Waals surface area contributed by atoms with Crippen molar-refractivity contribution in [1.29, 1.82) is 0 Å². The lowest BCUT2D eigenvalue weighted by Crippen LogP contribution is -2.32. The molecule has 0 heterocycles. The summed E-state index contributed by atoms with van der Waals surface area (Å²) in [6.07, 6.45) is -1.27. The van der Waals surface area contributed by atoms with E-state index in [1.807, 2.05) is 0 Å². The van der Waals surface area contributed by atoms with E-state index >= 15 is 0 Å². The Labute approximate surface area is 80.4 Å². The zero-order valence-corrected chi connectivity index (χ0v) is 7.69. The quantitative estimate of drug-likeness (QED) is 0.707. The molecule has 0 atom stereocenters. The van der Waals surface area contributed by atoms with Crippen LogP contribution in [-0.2, 0) is 10.3 Å². The molecule has 0 saturated heterocycles. The van der Waals surface area contributed by atoms with Gasteiger partial charge in [0.2, 0.25) is 0 Å². The van der Waals surface area contributed by atoms with Gasteiger partial charge in [-0.2, -0.15) is 13.1 Å². The summed E-state index contributed by atoms with van der Waals surface area (Å²) >= 11 is 0. The highest BCUT2D eigenvalue weighted by atomic mass is 32.2. The number of amides is 1. The number of benzene rings is 1. The van der Waals surface area contributed by atoms with Crippen LogP contribution in [0.15, 0.2) is 30.3 Å². The molecule has 1 aromatic carbocycles. The number of carbonyl (C=O) groups is 1. The second-order valence-electron chi connectivity index (χ2n) is 2.28. The molecule has 0 saturated carbocycles. The highest BCUT2D eigenvalue weighted by molar-refractivity contribution is 7.84. The Morgan fingerprint density at radius 3 is 2.36 bits per heavy atom. The first-order chi connectivity index (χ1) is 6.47. The first-order valence-electron chi connectivity index (χ1n) is 3.49. The van der Waals surface area contributed by atoms with Crippen molar-refractivity contribution < 1.29 is 22.5 Å². The normalized spacial score (nSPS) is 10.6. The molecule has 1 rings (SSSR count). The van der Waals surface area contributed by atoms with Gasteiger partial charge in [0.05, 0.1) is 0 Å². The largest absolute Gasteiger partial charge is 0.428 e. The molecular weight excluding hydrogens is 210 g/mol. The van der Waals surface area contributed by atoms with Gasteiger partial charge in [-0.3, -0.25) is 4.55 Å². The van der Waals surface area contributed by atoms with E-state index in [1.165, 1.54) is 16.9 Å². The van der Waals surface area contributed by atoms with E-state index in [0.717, 1.165) is 0 Å². The van der Waals surface area contributed by atoms with Gasteiger partial charge in [0.1, 0.15) is 5.75 Å². The van der Waals surface area contributed by atoms with Gasteiger partial charge < -0.3 is 4.74 Å². The first-order valence-corrected chi connectivity index (χ1v) is 4.93. The number of carbonyl (C=O) groups excluding carboxylic acids is 1. The van der Waals surface area contributed by atoms with Crippen molar-refractivity contribution in [2.45, 2.75) is 0 Å². The lowest BCUT2D eigenvalue weighted by atomic mass is 10.3. The van der Waals surface area contributed by atoms with E-state index in [9.17, 15) is 13.2 Å². The molecule has 0 aliphatic heterocycles. The Bertz CT molecular complexity index is 413. The highest BCUT2D eigenvalue weighted by Gasteiger charge is 2.11. The number of hydrogen-bond acceptors (Lipinski definition) is 4. The number of nitrogens with one attached hydrogen (secondary N) is 1. The summed E-state index contributed by atoms with van der Waals surface area (Å²) in [5, 5.41) is 0. The summed E-state index contributed by atoms with van der Waals surface area (Å²) in [4.78, 5) is 10.8. The molecule has 14 heavy (non-hydrogen) atoms. The fourth-order valence-electron chi connectivity index (χ4n) is 0.722. The number of hydrogen-bond donors (Lipinski definition) is 2. The zero-order chi connectivity index (χ0) is 10.6. The molecule has 0 aliphatic carbocycles. The zero-order valence-electron chi connectivity index (χ0n) is 6.88. The van der Waals surface area contributed by atoms with Crippen LogP contribution in [0.3, 0.4) is 0 Å². The van der Waals surface area contributed by atoms with E-state index in [1.54, 1.807) is 18.2 Å². The van der Waals surface area contributed by atoms with Gasteiger partial charge in [0.15, 0.2) is 0 Å². The second kappa shape index (κ2) is 4.07. The Kier molecular flexibility index (Phi) is 3.05. The van der Waals surface area contributed by atoms with Crippen molar-refractivity contribution in [3.05, 3.63) is 30.3 Å². The number of para-hydroxylation sites is 1. The maximum atomic E-state index is 10.8. The fourth-order valence-corrected chi connectivity index (χ4v) is 0.974. The van der Waals surface area contributed by atoms with Crippen molar-refractivity contribution in [3.63, 3.8) is 0 Å². The van der Waals surface area contributed by atoms with Crippen LogP contribution in [0.5, 0.6) is 5.75 Å². The molecule has 0 aromatic heterocycles. The van der Waals surface area contributed by atoms with Crippen molar-refractivity contribution in [3.8, 4) is 5.75 Å². The lowest BCUT2D eigenvalue weighted by Gasteiger charge is -2.02. The van der Waals surface area contributed by atoms with Crippen molar-refractivity contribution in [2.75, 3.05) is 0 Å². The third-order valence-corrected chi connectivity index (χ3v) is 1.59. The average Bonchev–Trinajstić information content (AvgIpc) is 2.02. The Morgan fingerprint density at radius 1 is 1.29 bits per heavy atom. The van der Waals surface area contributed by atoms with Gasteiger partial charge in [-0.25, -0.2) is 4.79 Å². The number of rotatable bonds is 2. The predicted molar refractivity (Wildman–Crippen MR) is 47.2 cm³/mol. The maximum Gasteiger partial charge on any atom is 0.428 e. The number of ether oxygens (including phenoxy) is 1. The molecular formula is C7H7NO5S. The molecule has 0 aliphatic rings. The molecule has 7 heteroatoms. The molecule has 1 aromatic rings. The van der Waals surface area contributed by atoms with E-state index in [4.69, 9.17) is 4.55 Å². The van der Waals surface area contributed by atoms with Gasteiger partial charge in [0, 0.05) is 0 Å². The monoisotopic (exact) mass is 217 g/mol. The average molecular weight is 217 g/mol. The Morgan fingerprint density at radius 2 is 1.86 bits per heavy atom. The minimum Gasteiger partial charge on any atom is -0.410 e. The summed E-state index contributed by atoms with van der Waals surface area (Å²) in [7, 11) is -4.57. The summed E-state index contributed by atoms with van der Waals surface area (Å²) in [6.45, 7) is 0. The maximum absolute atomic E-state index is 10.8. The van der Waals surface area contributed by atoms with E-state index in [2.05, 4.69) is 4.74 Å². The molecule has 0 spiro atoms. The van der Waals surface area contributed by atoms with Gasteiger partial charge in [-0.1, -0.05) is 18.2 Å². The van der Waals surface area contributed by atoms with Crippen LogP contribution in [0, 0.1) is 0 Å². The minimum absolute atomic E-state index is 0.175. The minimum atomic E-state index is -4.57. The van der Waals surface area contributed by atoms with Gasteiger partial charge in [-0.05, 0) is 12.1 Å². The van der Waals surface area contributed by atoms with Gasteiger partial charge in [0.25, 0.3) is 0 Å². The van der Waals surface area contributed by atoms with Crippen LogP contribution in [0.1, 0.15) is 0 Å². The van der Waals surface area contributed by atoms with Crippen molar-refractivity contribution in [2.24, 2.45) is 0 Å². The second-order valence-corrected chi connectivity index (χ2v) is 3.43. The third-order valence-electron chi connectivity index (χ3n) is 1.17. The highest BCUT2D eigenvalue weighted by Crippen LogP contribution is 2.07. The summed E-state index contributed by atoms with van der Waals surface area (Å²) in [5.41, 5.74) is 0. The standard InChI is InChI=1S/C7H7NO5S/c9-7(8-14(10,11)12)13-6-4-2-1-3-5-6/h1-5H,(H,8,9)(H,10,11,12). The van der Waals surface area contributed by atoms with Crippen LogP contribution in [0.4, 0.5) is 4.79 Å². The molecule has 0 radical (unpaired) electrons. The predicted octanol–water partition coefficient (Wildman–Crippen LogP) is 0.578. The molecule has 2 N–H and O–H groups in total. The Hall–Kier alpha value is -1.60. The van der Waals surface area contributed by atoms with E-state index < -0.39 is 16.4 Å². The summed E-state index contributed by atoms with van der Waals surface area (Å²) < 4.78 is 34.3. The lowest BCUT2D eigenvalue weighted by molar-refractivity contribution is 0.206. The van der Waals surface area contributed by atoms with Gasteiger partial charge >= 0.3 is 16.4 Å². The molecule has 76 valence electrons. The van der Waals surface area contributed by atoms with Crippen LogP contribution in [0.2, 0.25) is 0 Å². The molecule has 0 bridgehead atoms. The summed E-state index contributed by atoms with van der Waals surface area (Å²) in [6, 6.07) is 7.84. The van der Waals surface area contributed by atoms with Crippen LogP contribution in [0.25, 0.3) is 0 Å². The van der Waals surface area contributed by atoms with Gasteiger partial charge in [-0.15, -0.1) is 0 Å². The van der Waals surface area contributed by atoms with Crippen LogP contribution in [-0.4, -0.2) is 19.1 Å². The molecule has 0 fully saturated rings. The molecule has 1 amide bonds. The smallest absolute Gasteiger partial charge is 0.410 e. The van der Waals surface area contributed by atoms with Crippen LogP contribution < -0.4 is 9.46 Å². The topological polar surface area (TPSA) is 92.7 Å². The third kappa shape index (κ3) is 3.87. The summed E-state index contributed by atoms with van der Waals surface area (Å²) in [5.74, 6) is 0.175. The van der Waals surface area contributed by atoms with E-state index in [0.29, 0.717) is 0 Å². The first kappa shape index (κ1) is 10.5. The molecule has 6 nitrogen and oxygen atoms in total. The Balaban J connectivity index is 2.59. The van der Waals surface area contributed by atoms with Crippen LogP contribution >= 0.6 is 0 Å².